The van der Waals surface area contributed by atoms with E-state index in [1.165, 1.54) is 50.5 Å². The van der Waals surface area contributed by atoms with E-state index < -0.39 is 0 Å². The van der Waals surface area contributed by atoms with Crippen molar-refractivity contribution >= 4 is 34.9 Å². The molecule has 2 saturated heterocycles. The first-order valence-corrected chi connectivity index (χ1v) is 11.7. The van der Waals surface area contributed by atoms with E-state index in [2.05, 4.69) is 38.6 Å². The summed E-state index contributed by atoms with van der Waals surface area (Å²) in [6.07, 6.45) is 8.81. The van der Waals surface area contributed by atoms with Crippen LogP contribution in [0.2, 0.25) is 0 Å². The quantitative estimate of drug-likeness (QED) is 0.693. The van der Waals surface area contributed by atoms with Gasteiger partial charge in [-0.05, 0) is 49.9 Å². The minimum Gasteiger partial charge on any atom is -0.358 e. The Balaban J connectivity index is 1.49. The molecule has 6 nitrogen and oxygen atoms in total. The molecule has 0 saturated carbocycles. The molecule has 2 aromatic rings. The van der Waals surface area contributed by atoms with Gasteiger partial charge in [-0.1, -0.05) is 43.2 Å². The summed E-state index contributed by atoms with van der Waals surface area (Å²) in [5, 5.41) is 7.05. The van der Waals surface area contributed by atoms with Gasteiger partial charge in [-0.3, -0.25) is 0 Å². The Labute approximate surface area is 185 Å². The number of nitrogens with zero attached hydrogens (tertiary/aromatic N) is 4. The van der Waals surface area contributed by atoms with Crippen molar-refractivity contribution in [3.63, 3.8) is 0 Å². The number of piperidine rings is 1. The third-order valence-corrected chi connectivity index (χ3v) is 6.08. The van der Waals surface area contributed by atoms with Crippen molar-refractivity contribution in [2.75, 3.05) is 41.3 Å². The van der Waals surface area contributed by atoms with E-state index in [0.29, 0.717) is 17.6 Å². The molecule has 0 spiro atoms. The zero-order chi connectivity index (χ0) is 20.6. The molecule has 7 heteroatoms. The van der Waals surface area contributed by atoms with Gasteiger partial charge in [0.1, 0.15) is 11.6 Å². The molecule has 1 aromatic heterocycles. The highest BCUT2D eigenvalue weighted by molar-refractivity contribution is 7.80. The molecule has 3 heterocycles. The van der Waals surface area contributed by atoms with Crippen LogP contribution < -0.4 is 20.4 Å². The highest BCUT2D eigenvalue weighted by Crippen LogP contribution is 2.25. The number of benzene rings is 1. The van der Waals surface area contributed by atoms with Crippen LogP contribution >= 0.6 is 12.2 Å². The van der Waals surface area contributed by atoms with Gasteiger partial charge < -0.3 is 20.4 Å². The molecule has 2 aliphatic heterocycles. The molecular weight excluding hydrogens is 392 g/mol. The number of aromatic nitrogens is 2. The van der Waals surface area contributed by atoms with Crippen LogP contribution in [0.3, 0.4) is 0 Å². The van der Waals surface area contributed by atoms with Crippen molar-refractivity contribution in [2.24, 2.45) is 0 Å². The SMILES string of the molecule is S=C(NCc1ccccc1)Nc1nc(N2CCCCCC2)cc(N2CCCCC2)n1. The fraction of sp³-hybridized carbons (Fsp3) is 0.522. The lowest BCUT2D eigenvalue weighted by molar-refractivity contribution is 0.573. The molecule has 30 heavy (non-hydrogen) atoms. The number of hydrogen-bond acceptors (Lipinski definition) is 5. The van der Waals surface area contributed by atoms with E-state index in [1.807, 2.05) is 18.2 Å². The van der Waals surface area contributed by atoms with Gasteiger partial charge in [-0.2, -0.15) is 9.97 Å². The number of nitrogens with one attached hydrogen (secondary N) is 2. The standard InChI is InChI=1S/C23H32N6S/c30-23(24-18-19-11-5-3-6-12-19)27-22-25-20(28-13-7-1-2-8-14-28)17-21(26-22)29-15-9-4-10-16-29/h3,5-6,11-12,17H,1-2,4,7-10,13-16,18H2,(H2,24,25,26,27,30). The number of hydrogen-bond donors (Lipinski definition) is 2. The van der Waals surface area contributed by atoms with Crippen LogP contribution in [0.4, 0.5) is 17.6 Å². The van der Waals surface area contributed by atoms with Crippen molar-refractivity contribution in [2.45, 2.75) is 51.5 Å². The molecule has 2 N–H and O–H groups in total. The molecule has 0 amide bonds. The lowest BCUT2D eigenvalue weighted by Gasteiger charge is -2.29. The maximum atomic E-state index is 5.53. The van der Waals surface area contributed by atoms with Gasteiger partial charge in [-0.25, -0.2) is 0 Å². The monoisotopic (exact) mass is 424 g/mol. The van der Waals surface area contributed by atoms with Gasteiger partial charge in [0.25, 0.3) is 0 Å². The largest absolute Gasteiger partial charge is 0.358 e. The Morgan fingerprint density at radius 2 is 1.33 bits per heavy atom. The average Bonchev–Trinajstić information content (AvgIpc) is 3.09. The Hall–Kier alpha value is -2.41. The van der Waals surface area contributed by atoms with Gasteiger partial charge in [0.05, 0.1) is 0 Å². The van der Waals surface area contributed by atoms with Crippen molar-refractivity contribution in [3.8, 4) is 0 Å². The van der Waals surface area contributed by atoms with E-state index >= 15 is 0 Å². The Kier molecular flexibility index (Phi) is 7.34. The number of rotatable bonds is 5. The second-order valence-corrected chi connectivity index (χ2v) is 8.56. The molecule has 2 fully saturated rings. The highest BCUT2D eigenvalue weighted by atomic mass is 32.1. The van der Waals surface area contributed by atoms with Crippen LogP contribution in [0.5, 0.6) is 0 Å². The summed E-state index contributed by atoms with van der Waals surface area (Å²) in [5.74, 6) is 2.61. The van der Waals surface area contributed by atoms with Crippen LogP contribution in [0.15, 0.2) is 36.4 Å². The second-order valence-electron chi connectivity index (χ2n) is 8.15. The summed E-state index contributed by atoms with van der Waals surface area (Å²) in [5.41, 5.74) is 1.19. The predicted octanol–water partition coefficient (Wildman–Crippen LogP) is 4.33. The molecule has 0 unspecified atom stereocenters. The normalized spacial score (nSPS) is 17.3. The van der Waals surface area contributed by atoms with E-state index in [4.69, 9.17) is 22.2 Å². The first-order chi connectivity index (χ1) is 14.8. The molecule has 4 rings (SSSR count). The van der Waals surface area contributed by atoms with Gasteiger partial charge in [0.15, 0.2) is 5.11 Å². The van der Waals surface area contributed by atoms with Crippen molar-refractivity contribution in [3.05, 3.63) is 42.0 Å². The fourth-order valence-electron chi connectivity index (χ4n) is 4.15. The summed E-state index contributed by atoms with van der Waals surface area (Å²) in [6, 6.07) is 12.4. The van der Waals surface area contributed by atoms with E-state index in [0.717, 1.165) is 37.8 Å². The average molecular weight is 425 g/mol. The molecule has 1 aromatic carbocycles. The zero-order valence-corrected chi connectivity index (χ0v) is 18.5. The summed E-state index contributed by atoms with van der Waals surface area (Å²) >= 11 is 5.53. The highest BCUT2D eigenvalue weighted by Gasteiger charge is 2.18. The maximum Gasteiger partial charge on any atom is 0.232 e. The van der Waals surface area contributed by atoms with Crippen molar-refractivity contribution in [1.82, 2.24) is 15.3 Å². The zero-order valence-electron chi connectivity index (χ0n) is 17.6. The summed E-state index contributed by atoms with van der Waals surface area (Å²) in [7, 11) is 0. The molecule has 0 bridgehead atoms. The Morgan fingerprint density at radius 1 is 0.800 bits per heavy atom. The molecule has 0 atom stereocenters. The fourth-order valence-corrected chi connectivity index (χ4v) is 4.31. The molecule has 160 valence electrons. The predicted molar refractivity (Wildman–Crippen MR) is 128 cm³/mol. The van der Waals surface area contributed by atoms with Gasteiger partial charge in [-0.15, -0.1) is 0 Å². The Morgan fingerprint density at radius 3 is 1.90 bits per heavy atom. The van der Waals surface area contributed by atoms with Gasteiger partial charge in [0, 0.05) is 38.8 Å². The van der Waals surface area contributed by atoms with Crippen molar-refractivity contribution in [1.29, 1.82) is 0 Å². The van der Waals surface area contributed by atoms with E-state index in [9.17, 15) is 0 Å². The second kappa shape index (κ2) is 10.6. The topological polar surface area (TPSA) is 56.3 Å². The van der Waals surface area contributed by atoms with Crippen LogP contribution in [0.25, 0.3) is 0 Å². The molecule has 0 radical (unpaired) electrons. The summed E-state index contributed by atoms with van der Waals surface area (Å²) in [6.45, 7) is 4.93. The summed E-state index contributed by atoms with van der Waals surface area (Å²) < 4.78 is 0. The molecule has 2 aliphatic rings. The van der Waals surface area contributed by atoms with Crippen molar-refractivity contribution < 1.29 is 0 Å². The van der Waals surface area contributed by atoms with Crippen LogP contribution in [-0.4, -0.2) is 41.3 Å². The minimum absolute atomic E-state index is 0.552. The third-order valence-electron chi connectivity index (χ3n) is 5.83. The number of anilines is 3. The van der Waals surface area contributed by atoms with Gasteiger partial charge in [0.2, 0.25) is 5.95 Å². The van der Waals surface area contributed by atoms with E-state index in [-0.39, 0.29) is 0 Å². The van der Waals surface area contributed by atoms with E-state index in [1.54, 1.807) is 0 Å². The minimum atomic E-state index is 0.552. The number of thiocarbonyl (C=S) groups is 1. The Bertz CT molecular complexity index is 814. The first kappa shape index (κ1) is 20.8. The first-order valence-electron chi connectivity index (χ1n) is 11.3. The maximum absolute atomic E-state index is 5.53. The van der Waals surface area contributed by atoms with Crippen LogP contribution in [0, 0.1) is 0 Å². The van der Waals surface area contributed by atoms with Crippen LogP contribution in [-0.2, 0) is 6.54 Å². The third kappa shape index (κ3) is 5.81. The molecule has 0 aliphatic carbocycles. The van der Waals surface area contributed by atoms with Crippen LogP contribution in [0.1, 0.15) is 50.5 Å². The lowest BCUT2D eigenvalue weighted by atomic mass is 10.1. The lowest BCUT2D eigenvalue weighted by Crippen LogP contribution is -2.33. The van der Waals surface area contributed by atoms with Gasteiger partial charge >= 0.3 is 0 Å². The molecular formula is C23H32N6S. The summed E-state index contributed by atoms with van der Waals surface area (Å²) in [4.78, 5) is 14.5. The smallest absolute Gasteiger partial charge is 0.232 e.